The van der Waals surface area contributed by atoms with Gasteiger partial charge in [-0.1, -0.05) is 77.8 Å². The van der Waals surface area contributed by atoms with Gasteiger partial charge in [0.25, 0.3) is 5.91 Å². The summed E-state index contributed by atoms with van der Waals surface area (Å²) >= 11 is 11.9. The zero-order valence-corrected chi connectivity index (χ0v) is 17.8. The number of amides is 1. The number of carbonyl (C=O) groups is 2. The molecule has 0 fully saturated rings. The van der Waals surface area contributed by atoms with Gasteiger partial charge in [0.05, 0.1) is 11.3 Å². The Labute approximate surface area is 189 Å². The lowest BCUT2D eigenvalue weighted by molar-refractivity contribution is -0.123. The molecule has 0 radical (unpaired) electrons. The lowest BCUT2D eigenvalue weighted by Gasteiger charge is -2.22. The summed E-state index contributed by atoms with van der Waals surface area (Å²) in [6, 6.07) is 23.1. The van der Waals surface area contributed by atoms with Crippen LogP contribution in [0.4, 0.5) is 0 Å². The van der Waals surface area contributed by atoms with Crippen molar-refractivity contribution in [2.45, 2.75) is 6.61 Å². The standard InChI is InChI=1S/C25H17Cl2NO3/c26-19-10-6-17(7-11-19)15-31-24-22(18-8-12-20(27)13-9-18)23(29)21(28-25(24)30)14-16-4-2-1-3-5-16/h1-14H,15H2,(H,28,30)/b21-14-. The van der Waals surface area contributed by atoms with E-state index < -0.39 is 5.91 Å². The van der Waals surface area contributed by atoms with E-state index in [1.54, 1.807) is 54.6 Å². The SMILES string of the molecule is O=C1N/C(=C\c2ccccc2)C(=O)C(c2ccc(Cl)cc2)=C1OCc1ccc(Cl)cc1. The Balaban J connectivity index is 1.74. The van der Waals surface area contributed by atoms with Gasteiger partial charge in [0.1, 0.15) is 6.61 Å². The largest absolute Gasteiger partial charge is 0.482 e. The van der Waals surface area contributed by atoms with Crippen molar-refractivity contribution in [1.82, 2.24) is 5.32 Å². The highest BCUT2D eigenvalue weighted by atomic mass is 35.5. The summed E-state index contributed by atoms with van der Waals surface area (Å²) in [6.07, 6.45) is 1.64. The summed E-state index contributed by atoms with van der Waals surface area (Å²) in [4.78, 5) is 26.3. The maximum atomic E-state index is 13.4. The van der Waals surface area contributed by atoms with E-state index in [4.69, 9.17) is 27.9 Å². The molecule has 1 N–H and O–H groups in total. The molecule has 4 nitrogen and oxygen atoms in total. The van der Waals surface area contributed by atoms with E-state index in [0.717, 1.165) is 11.1 Å². The Morgan fingerprint density at radius 3 is 2.06 bits per heavy atom. The Hall–Kier alpha value is -3.34. The molecule has 0 bridgehead atoms. The van der Waals surface area contributed by atoms with Crippen molar-refractivity contribution < 1.29 is 14.3 Å². The van der Waals surface area contributed by atoms with E-state index in [2.05, 4.69) is 5.32 Å². The van der Waals surface area contributed by atoms with Crippen LogP contribution in [0.15, 0.2) is 90.3 Å². The van der Waals surface area contributed by atoms with Crippen LogP contribution >= 0.6 is 23.2 Å². The number of hydrogen-bond donors (Lipinski definition) is 1. The van der Waals surface area contributed by atoms with E-state index in [-0.39, 0.29) is 29.4 Å². The molecular weight excluding hydrogens is 433 g/mol. The topological polar surface area (TPSA) is 55.4 Å². The number of nitrogens with one attached hydrogen (secondary N) is 1. The first-order valence-corrected chi connectivity index (χ1v) is 10.3. The molecule has 3 aromatic rings. The minimum atomic E-state index is -0.485. The second kappa shape index (κ2) is 9.21. The van der Waals surface area contributed by atoms with Crippen molar-refractivity contribution in [3.8, 4) is 0 Å². The van der Waals surface area contributed by atoms with Crippen LogP contribution in [-0.2, 0) is 20.9 Å². The minimum Gasteiger partial charge on any atom is -0.482 e. The van der Waals surface area contributed by atoms with E-state index in [9.17, 15) is 9.59 Å². The highest BCUT2D eigenvalue weighted by molar-refractivity contribution is 6.37. The molecule has 3 aromatic carbocycles. The minimum absolute atomic E-state index is 0.0347. The van der Waals surface area contributed by atoms with Gasteiger partial charge >= 0.3 is 0 Å². The monoisotopic (exact) mass is 449 g/mol. The van der Waals surface area contributed by atoms with Crippen molar-refractivity contribution in [1.29, 1.82) is 0 Å². The lowest BCUT2D eigenvalue weighted by atomic mass is 9.94. The van der Waals surface area contributed by atoms with Crippen LogP contribution in [0.3, 0.4) is 0 Å². The van der Waals surface area contributed by atoms with Crippen LogP contribution in [0.25, 0.3) is 11.6 Å². The molecule has 1 aliphatic heterocycles. The Kier molecular flexibility index (Phi) is 6.21. The van der Waals surface area contributed by atoms with Gasteiger partial charge in [-0.2, -0.15) is 0 Å². The van der Waals surface area contributed by atoms with Crippen LogP contribution in [0, 0.1) is 0 Å². The zero-order valence-electron chi connectivity index (χ0n) is 16.3. The van der Waals surface area contributed by atoms with E-state index >= 15 is 0 Å². The average molecular weight is 450 g/mol. The maximum absolute atomic E-state index is 13.4. The molecule has 0 saturated carbocycles. The molecule has 1 amide bonds. The number of allylic oxidation sites excluding steroid dienone is 1. The first-order valence-electron chi connectivity index (χ1n) is 9.51. The highest BCUT2D eigenvalue weighted by Crippen LogP contribution is 2.29. The van der Waals surface area contributed by atoms with Crippen molar-refractivity contribution in [2.75, 3.05) is 0 Å². The molecule has 1 heterocycles. The molecule has 154 valence electrons. The van der Waals surface area contributed by atoms with Crippen LogP contribution in [-0.4, -0.2) is 11.7 Å². The molecule has 1 aliphatic rings. The predicted octanol–water partition coefficient (Wildman–Crippen LogP) is 5.66. The second-order valence-electron chi connectivity index (χ2n) is 6.88. The fourth-order valence-electron chi connectivity index (χ4n) is 3.16. The number of carbonyl (C=O) groups excluding carboxylic acids is 2. The van der Waals surface area contributed by atoms with Gasteiger partial charge < -0.3 is 10.1 Å². The Morgan fingerprint density at radius 2 is 1.42 bits per heavy atom. The van der Waals surface area contributed by atoms with Crippen molar-refractivity contribution in [2.24, 2.45) is 0 Å². The van der Waals surface area contributed by atoms with Gasteiger partial charge in [0.2, 0.25) is 5.78 Å². The number of halogens is 2. The highest BCUT2D eigenvalue weighted by Gasteiger charge is 2.33. The molecule has 0 atom stereocenters. The normalized spacial score (nSPS) is 15.2. The lowest BCUT2D eigenvalue weighted by Crippen LogP contribution is -2.36. The number of hydrogen-bond acceptors (Lipinski definition) is 3. The summed E-state index contributed by atoms with van der Waals surface area (Å²) in [6.45, 7) is 0.113. The molecule has 0 aromatic heterocycles. The van der Waals surface area contributed by atoms with Gasteiger partial charge in [0.15, 0.2) is 5.76 Å². The first-order chi connectivity index (χ1) is 15.0. The van der Waals surface area contributed by atoms with Gasteiger partial charge in [-0.3, -0.25) is 9.59 Å². The fraction of sp³-hybridized carbons (Fsp3) is 0.0400. The van der Waals surface area contributed by atoms with Crippen LogP contribution in [0.5, 0.6) is 0 Å². The van der Waals surface area contributed by atoms with Crippen molar-refractivity contribution >= 4 is 46.5 Å². The van der Waals surface area contributed by atoms with Gasteiger partial charge in [-0.15, -0.1) is 0 Å². The molecule has 6 heteroatoms. The summed E-state index contributed by atoms with van der Waals surface area (Å²) in [5.41, 5.74) is 2.54. The summed E-state index contributed by atoms with van der Waals surface area (Å²) in [7, 11) is 0. The van der Waals surface area contributed by atoms with Crippen LogP contribution < -0.4 is 5.32 Å². The van der Waals surface area contributed by atoms with Gasteiger partial charge in [0, 0.05) is 10.0 Å². The predicted molar refractivity (Wildman–Crippen MR) is 122 cm³/mol. The second-order valence-corrected chi connectivity index (χ2v) is 7.75. The van der Waals surface area contributed by atoms with Crippen molar-refractivity contribution in [3.05, 3.63) is 117 Å². The first kappa shape index (κ1) is 20.9. The Bertz CT molecular complexity index is 1180. The third-order valence-electron chi connectivity index (χ3n) is 4.69. The number of benzene rings is 3. The molecule has 4 rings (SSSR count). The molecular formula is C25H17Cl2NO3. The number of ether oxygens (including phenoxy) is 1. The quantitative estimate of drug-likeness (QED) is 0.511. The van der Waals surface area contributed by atoms with E-state index in [1.165, 1.54) is 0 Å². The maximum Gasteiger partial charge on any atom is 0.291 e. The number of rotatable bonds is 5. The van der Waals surface area contributed by atoms with Crippen molar-refractivity contribution in [3.63, 3.8) is 0 Å². The van der Waals surface area contributed by atoms with E-state index in [1.807, 2.05) is 30.3 Å². The molecule has 0 spiro atoms. The van der Waals surface area contributed by atoms with Gasteiger partial charge in [-0.05, 0) is 47.0 Å². The summed E-state index contributed by atoms with van der Waals surface area (Å²) < 4.78 is 5.83. The number of ketones is 1. The summed E-state index contributed by atoms with van der Waals surface area (Å²) in [5, 5.41) is 3.80. The number of Topliss-reactive ketones (excluding diaryl/α,β-unsaturated/α-hetero) is 1. The fourth-order valence-corrected chi connectivity index (χ4v) is 3.41. The average Bonchev–Trinajstić information content (AvgIpc) is 2.78. The zero-order chi connectivity index (χ0) is 21.8. The third-order valence-corrected chi connectivity index (χ3v) is 5.20. The summed E-state index contributed by atoms with van der Waals surface area (Å²) in [5.74, 6) is -0.856. The molecule has 0 unspecified atom stereocenters. The molecule has 0 aliphatic carbocycles. The van der Waals surface area contributed by atoms with E-state index in [0.29, 0.717) is 15.6 Å². The van der Waals surface area contributed by atoms with Gasteiger partial charge in [-0.25, -0.2) is 0 Å². The molecule has 0 saturated heterocycles. The van der Waals surface area contributed by atoms with Crippen LogP contribution in [0.2, 0.25) is 10.0 Å². The Morgan fingerprint density at radius 1 is 0.806 bits per heavy atom. The third kappa shape index (κ3) is 4.88. The molecule has 31 heavy (non-hydrogen) atoms. The van der Waals surface area contributed by atoms with Crippen LogP contribution in [0.1, 0.15) is 16.7 Å². The smallest absolute Gasteiger partial charge is 0.291 e.